The number of nitrogens with one attached hydrogen (secondary N) is 1. The second-order valence-corrected chi connectivity index (χ2v) is 6.80. The number of hydrogen-bond donors (Lipinski definition) is 1. The number of pyridine rings is 1. The molecule has 1 atom stereocenters. The van der Waals surface area contributed by atoms with E-state index in [0.717, 1.165) is 24.2 Å². The average Bonchev–Trinajstić information content (AvgIpc) is 2.74. The van der Waals surface area contributed by atoms with Crippen LogP contribution < -0.4 is 14.8 Å². The minimum Gasteiger partial charge on any atom is -0.497 e. The van der Waals surface area contributed by atoms with E-state index in [2.05, 4.69) is 10.3 Å². The Morgan fingerprint density at radius 2 is 1.96 bits per heavy atom. The lowest BCUT2D eigenvalue weighted by atomic mass is 9.97. The van der Waals surface area contributed by atoms with Crippen LogP contribution in [0.5, 0.6) is 11.5 Å². The first-order chi connectivity index (χ1) is 13.6. The number of anilines is 1. The SMILES string of the molecule is COc1ccc(OCC(=O)N2CCCC(C(=O)Nc3ncccc3C)C2)cc1. The molecule has 2 amide bonds. The van der Waals surface area contributed by atoms with Crippen LogP contribution in [0.4, 0.5) is 5.82 Å². The van der Waals surface area contributed by atoms with Gasteiger partial charge in [0, 0.05) is 19.3 Å². The van der Waals surface area contributed by atoms with Gasteiger partial charge in [0.25, 0.3) is 5.91 Å². The Hall–Kier alpha value is -3.09. The summed E-state index contributed by atoms with van der Waals surface area (Å²) in [4.78, 5) is 31.0. The molecule has 1 saturated heterocycles. The molecule has 1 aromatic carbocycles. The molecule has 1 N–H and O–H groups in total. The highest BCUT2D eigenvalue weighted by Gasteiger charge is 2.29. The van der Waals surface area contributed by atoms with Crippen molar-refractivity contribution in [1.29, 1.82) is 0 Å². The highest BCUT2D eigenvalue weighted by Crippen LogP contribution is 2.20. The summed E-state index contributed by atoms with van der Waals surface area (Å²) in [6.07, 6.45) is 3.18. The first kappa shape index (κ1) is 19.7. The van der Waals surface area contributed by atoms with E-state index in [9.17, 15) is 9.59 Å². The lowest BCUT2D eigenvalue weighted by Gasteiger charge is -2.32. The number of rotatable bonds is 6. The highest BCUT2D eigenvalue weighted by molar-refractivity contribution is 5.93. The molecule has 1 aliphatic heterocycles. The zero-order chi connectivity index (χ0) is 19.9. The van der Waals surface area contributed by atoms with Crippen molar-refractivity contribution < 1.29 is 19.1 Å². The van der Waals surface area contributed by atoms with Gasteiger partial charge in [-0.1, -0.05) is 6.07 Å². The van der Waals surface area contributed by atoms with Gasteiger partial charge in [0.15, 0.2) is 6.61 Å². The third-order valence-electron chi connectivity index (χ3n) is 4.82. The Balaban J connectivity index is 1.52. The topological polar surface area (TPSA) is 80.8 Å². The quantitative estimate of drug-likeness (QED) is 0.829. The summed E-state index contributed by atoms with van der Waals surface area (Å²) >= 11 is 0. The molecule has 28 heavy (non-hydrogen) atoms. The number of ether oxygens (including phenoxy) is 2. The normalized spacial score (nSPS) is 16.4. The Bertz CT molecular complexity index is 823. The third-order valence-corrected chi connectivity index (χ3v) is 4.82. The van der Waals surface area contributed by atoms with Crippen LogP contribution >= 0.6 is 0 Å². The van der Waals surface area contributed by atoms with E-state index >= 15 is 0 Å². The predicted octanol–water partition coefficient (Wildman–Crippen LogP) is 2.65. The van der Waals surface area contributed by atoms with Gasteiger partial charge in [0.05, 0.1) is 13.0 Å². The molecule has 0 bridgehead atoms. The number of piperidine rings is 1. The summed E-state index contributed by atoms with van der Waals surface area (Å²) in [6, 6.07) is 10.8. The van der Waals surface area contributed by atoms with Gasteiger partial charge in [-0.05, 0) is 55.7 Å². The van der Waals surface area contributed by atoms with Crippen molar-refractivity contribution in [2.45, 2.75) is 19.8 Å². The second-order valence-electron chi connectivity index (χ2n) is 6.80. The molecule has 0 saturated carbocycles. The molecule has 1 unspecified atom stereocenters. The molecule has 1 fully saturated rings. The molecule has 1 aromatic heterocycles. The van der Waals surface area contributed by atoms with Crippen molar-refractivity contribution in [2.24, 2.45) is 5.92 Å². The van der Waals surface area contributed by atoms with Gasteiger partial charge in [-0.15, -0.1) is 0 Å². The van der Waals surface area contributed by atoms with Gasteiger partial charge in [-0.25, -0.2) is 4.98 Å². The largest absolute Gasteiger partial charge is 0.497 e. The summed E-state index contributed by atoms with van der Waals surface area (Å²) in [5.41, 5.74) is 0.910. The molecule has 0 aliphatic carbocycles. The van der Waals surface area contributed by atoms with Crippen molar-refractivity contribution in [1.82, 2.24) is 9.88 Å². The van der Waals surface area contributed by atoms with Crippen molar-refractivity contribution in [3.05, 3.63) is 48.2 Å². The van der Waals surface area contributed by atoms with Crippen LogP contribution in [-0.2, 0) is 9.59 Å². The van der Waals surface area contributed by atoms with Gasteiger partial charge in [0.1, 0.15) is 17.3 Å². The Kier molecular flexibility index (Phi) is 6.47. The van der Waals surface area contributed by atoms with Gasteiger partial charge in [-0.2, -0.15) is 0 Å². The number of carbonyl (C=O) groups is 2. The fraction of sp³-hybridized carbons (Fsp3) is 0.381. The van der Waals surface area contributed by atoms with Crippen LogP contribution in [0, 0.1) is 12.8 Å². The molecular weight excluding hydrogens is 358 g/mol. The molecule has 2 aromatic rings. The molecule has 7 heteroatoms. The fourth-order valence-electron chi connectivity index (χ4n) is 3.16. The zero-order valence-electron chi connectivity index (χ0n) is 16.2. The van der Waals surface area contributed by atoms with E-state index in [1.54, 1.807) is 42.5 Å². The number of hydrogen-bond acceptors (Lipinski definition) is 5. The van der Waals surface area contributed by atoms with Crippen LogP contribution in [0.15, 0.2) is 42.6 Å². The maximum Gasteiger partial charge on any atom is 0.260 e. The van der Waals surface area contributed by atoms with Crippen molar-refractivity contribution in [3.8, 4) is 11.5 Å². The van der Waals surface area contributed by atoms with Crippen molar-refractivity contribution in [2.75, 3.05) is 32.1 Å². The molecule has 1 aliphatic rings. The van der Waals surface area contributed by atoms with E-state index < -0.39 is 0 Å². The monoisotopic (exact) mass is 383 g/mol. The minimum atomic E-state index is -0.250. The number of amides is 2. The number of benzene rings is 1. The predicted molar refractivity (Wildman–Crippen MR) is 105 cm³/mol. The van der Waals surface area contributed by atoms with Crippen molar-refractivity contribution >= 4 is 17.6 Å². The molecule has 2 heterocycles. The number of methoxy groups -OCH3 is 1. The maximum atomic E-state index is 12.6. The van der Waals surface area contributed by atoms with Crippen LogP contribution in [-0.4, -0.2) is 48.5 Å². The first-order valence-electron chi connectivity index (χ1n) is 9.34. The molecular formula is C21H25N3O4. The third kappa shape index (κ3) is 5.00. The summed E-state index contributed by atoms with van der Waals surface area (Å²) in [5, 5.41) is 2.88. The summed E-state index contributed by atoms with van der Waals surface area (Å²) in [5.74, 6) is 1.43. The number of likely N-dealkylation sites (tertiary alicyclic amines) is 1. The molecule has 0 radical (unpaired) electrons. The number of aromatic nitrogens is 1. The standard InChI is InChI=1S/C21H25N3O4/c1-15-5-3-11-22-20(15)23-21(26)16-6-4-12-24(13-16)19(25)14-28-18-9-7-17(27-2)8-10-18/h3,5,7-11,16H,4,6,12-14H2,1-2H3,(H,22,23,26). The molecule has 3 rings (SSSR count). The lowest BCUT2D eigenvalue weighted by Crippen LogP contribution is -2.45. The van der Waals surface area contributed by atoms with Crippen LogP contribution in [0.2, 0.25) is 0 Å². The number of aryl methyl sites for hydroxylation is 1. The maximum absolute atomic E-state index is 12.6. The highest BCUT2D eigenvalue weighted by atomic mass is 16.5. The average molecular weight is 383 g/mol. The summed E-state index contributed by atoms with van der Waals surface area (Å²) in [6.45, 7) is 2.87. The number of nitrogens with zero attached hydrogens (tertiary/aromatic N) is 2. The zero-order valence-corrected chi connectivity index (χ0v) is 16.2. The van der Waals surface area contributed by atoms with E-state index in [-0.39, 0.29) is 24.3 Å². The second kappa shape index (κ2) is 9.21. The fourth-order valence-corrected chi connectivity index (χ4v) is 3.16. The summed E-state index contributed by atoms with van der Waals surface area (Å²) < 4.78 is 10.7. The van der Waals surface area contributed by atoms with Crippen LogP contribution in [0.1, 0.15) is 18.4 Å². The van der Waals surface area contributed by atoms with Gasteiger partial charge >= 0.3 is 0 Å². The first-order valence-corrected chi connectivity index (χ1v) is 9.34. The van der Waals surface area contributed by atoms with Gasteiger partial charge < -0.3 is 19.7 Å². The van der Waals surface area contributed by atoms with E-state index in [0.29, 0.717) is 24.7 Å². The Morgan fingerprint density at radius 3 is 2.68 bits per heavy atom. The van der Waals surface area contributed by atoms with E-state index in [4.69, 9.17) is 9.47 Å². The van der Waals surface area contributed by atoms with Gasteiger partial charge in [0.2, 0.25) is 5.91 Å². The molecule has 0 spiro atoms. The molecule has 148 valence electrons. The Morgan fingerprint density at radius 1 is 1.21 bits per heavy atom. The number of carbonyl (C=O) groups excluding carboxylic acids is 2. The van der Waals surface area contributed by atoms with Crippen molar-refractivity contribution in [3.63, 3.8) is 0 Å². The Labute approximate surface area is 164 Å². The minimum absolute atomic E-state index is 0.0555. The smallest absolute Gasteiger partial charge is 0.260 e. The van der Waals surface area contributed by atoms with E-state index in [1.807, 2.05) is 19.1 Å². The van der Waals surface area contributed by atoms with E-state index in [1.165, 1.54) is 0 Å². The van der Waals surface area contributed by atoms with Gasteiger partial charge in [-0.3, -0.25) is 9.59 Å². The lowest BCUT2D eigenvalue weighted by molar-refractivity contribution is -0.136. The van der Waals surface area contributed by atoms with Crippen LogP contribution in [0.25, 0.3) is 0 Å². The molecule has 7 nitrogen and oxygen atoms in total. The summed E-state index contributed by atoms with van der Waals surface area (Å²) in [7, 11) is 1.59. The van der Waals surface area contributed by atoms with Crippen LogP contribution in [0.3, 0.4) is 0 Å².